The number of aliphatic hydroxyl groups is 8. The molecule has 0 bridgehead atoms. The summed E-state index contributed by atoms with van der Waals surface area (Å²) in [5.41, 5.74) is 0. The zero-order valence-electron chi connectivity index (χ0n) is 12.0. The molecule has 0 unspecified atom stereocenters. The number of carbonyl (C=O) groups is 1. The number of hydrogen-bond donors (Lipinski definition) is 8. The molecule has 0 aromatic rings. The van der Waals surface area contributed by atoms with Crippen molar-refractivity contribution in [2.24, 2.45) is 0 Å². The van der Waals surface area contributed by atoms with Crippen LogP contribution < -0.4 is 0 Å². The average Bonchev–Trinajstić information content (AvgIpc) is 2.57. The zero-order chi connectivity index (χ0) is 17.7. The van der Waals surface area contributed by atoms with Crippen molar-refractivity contribution in [1.82, 2.24) is 0 Å². The fourth-order valence-corrected chi connectivity index (χ4v) is 2.11. The largest absolute Gasteiger partial charge is 0.394 e. The maximum atomic E-state index is 10.5. The van der Waals surface area contributed by atoms with Gasteiger partial charge in [-0.15, -0.1) is 0 Å². The Morgan fingerprint density at radius 1 is 1.04 bits per heavy atom. The highest BCUT2D eigenvalue weighted by molar-refractivity contribution is 5.56. The van der Waals surface area contributed by atoms with Gasteiger partial charge in [0, 0.05) is 0 Å². The van der Waals surface area contributed by atoms with Crippen LogP contribution in [0.3, 0.4) is 0 Å². The topological polar surface area (TPSA) is 197 Å². The SMILES string of the molecule is O=C[C@H](O)[C@@H](O)[C@@H](O[C@@H]1O[C@@H](CO)[C@@H](O)[C@@H](O)[C@@H]1O)[C@H](O)CO. The van der Waals surface area contributed by atoms with Gasteiger partial charge in [0.25, 0.3) is 0 Å². The molecule has 0 radical (unpaired) electrons. The molecule has 23 heavy (non-hydrogen) atoms. The van der Waals surface area contributed by atoms with Gasteiger partial charge in [0.2, 0.25) is 0 Å². The highest BCUT2D eigenvalue weighted by Gasteiger charge is 2.46. The number of hydrogen-bond acceptors (Lipinski definition) is 11. The highest BCUT2D eigenvalue weighted by Crippen LogP contribution is 2.24. The van der Waals surface area contributed by atoms with Crippen molar-refractivity contribution < 1.29 is 55.1 Å². The van der Waals surface area contributed by atoms with E-state index in [0.29, 0.717) is 0 Å². The first-order valence-corrected chi connectivity index (χ1v) is 6.84. The molecule has 8 N–H and O–H groups in total. The summed E-state index contributed by atoms with van der Waals surface area (Å²) in [4.78, 5) is 10.5. The molecule has 11 nitrogen and oxygen atoms in total. The minimum Gasteiger partial charge on any atom is -0.394 e. The standard InChI is InChI=1S/C12H22O11/c13-1-4(16)7(18)11(5(17)2-14)23-12-10(21)9(20)8(19)6(3-15)22-12/h1,4-12,14-21H,2-3H2/t4-,5+,6-,7+,8+,9+,10-,11-,12-/m0/s1. The predicted octanol–water partition coefficient (Wildman–Crippen LogP) is -5.55. The molecule has 1 fully saturated rings. The van der Waals surface area contributed by atoms with Crippen LogP contribution in [0.5, 0.6) is 0 Å². The molecule has 1 aliphatic heterocycles. The Balaban J connectivity index is 2.91. The second-order valence-corrected chi connectivity index (χ2v) is 5.17. The highest BCUT2D eigenvalue weighted by atomic mass is 16.7. The summed E-state index contributed by atoms with van der Waals surface area (Å²) in [6.07, 6.45) is -15.7. The van der Waals surface area contributed by atoms with Crippen molar-refractivity contribution in [2.45, 2.75) is 55.1 Å². The van der Waals surface area contributed by atoms with Crippen LogP contribution in [0.15, 0.2) is 0 Å². The van der Waals surface area contributed by atoms with E-state index in [2.05, 4.69) is 0 Å². The molecule has 0 spiro atoms. The van der Waals surface area contributed by atoms with Gasteiger partial charge in [0.15, 0.2) is 12.6 Å². The van der Waals surface area contributed by atoms with Crippen LogP contribution in [0.25, 0.3) is 0 Å². The molecule has 9 atom stereocenters. The molecule has 0 saturated carbocycles. The van der Waals surface area contributed by atoms with E-state index in [9.17, 15) is 35.4 Å². The third-order valence-corrected chi connectivity index (χ3v) is 3.53. The minimum absolute atomic E-state index is 0.0294. The van der Waals surface area contributed by atoms with Gasteiger partial charge in [-0.25, -0.2) is 0 Å². The molecule has 0 aromatic carbocycles. The first kappa shape index (κ1) is 20.3. The lowest BCUT2D eigenvalue weighted by Gasteiger charge is -2.42. The lowest BCUT2D eigenvalue weighted by Crippen LogP contribution is -2.61. The minimum atomic E-state index is -1.97. The van der Waals surface area contributed by atoms with Crippen molar-refractivity contribution in [2.75, 3.05) is 13.2 Å². The number of aliphatic hydroxyl groups excluding tert-OH is 8. The Hall–Kier alpha value is -0.730. The van der Waals surface area contributed by atoms with E-state index in [0.717, 1.165) is 0 Å². The van der Waals surface area contributed by atoms with Crippen LogP contribution >= 0.6 is 0 Å². The van der Waals surface area contributed by atoms with Gasteiger partial charge in [-0.05, 0) is 0 Å². The van der Waals surface area contributed by atoms with Crippen LogP contribution in [-0.4, -0.2) is 115 Å². The summed E-state index contributed by atoms with van der Waals surface area (Å²) in [7, 11) is 0. The normalized spacial score (nSPS) is 37.0. The molecule has 1 aliphatic rings. The third-order valence-electron chi connectivity index (χ3n) is 3.53. The van der Waals surface area contributed by atoms with E-state index in [1.807, 2.05) is 0 Å². The van der Waals surface area contributed by atoms with Crippen molar-refractivity contribution in [3.63, 3.8) is 0 Å². The van der Waals surface area contributed by atoms with E-state index in [-0.39, 0.29) is 6.29 Å². The van der Waals surface area contributed by atoms with Crippen LogP contribution in [-0.2, 0) is 14.3 Å². The Labute approximate surface area is 130 Å². The van der Waals surface area contributed by atoms with Crippen molar-refractivity contribution >= 4 is 6.29 Å². The summed E-state index contributed by atoms with van der Waals surface area (Å²) in [6.45, 7) is -1.64. The molecular formula is C12H22O11. The van der Waals surface area contributed by atoms with Gasteiger partial charge in [-0.1, -0.05) is 0 Å². The van der Waals surface area contributed by atoms with Crippen LogP contribution in [0.1, 0.15) is 0 Å². The van der Waals surface area contributed by atoms with E-state index in [4.69, 9.17) is 19.7 Å². The monoisotopic (exact) mass is 342 g/mol. The molecule has 0 aromatic heterocycles. The van der Waals surface area contributed by atoms with Gasteiger partial charge < -0.3 is 55.1 Å². The third kappa shape index (κ3) is 4.64. The maximum absolute atomic E-state index is 10.5. The second-order valence-electron chi connectivity index (χ2n) is 5.17. The zero-order valence-corrected chi connectivity index (χ0v) is 12.0. The molecule has 0 aliphatic carbocycles. The van der Waals surface area contributed by atoms with Crippen LogP contribution in [0.2, 0.25) is 0 Å². The fourth-order valence-electron chi connectivity index (χ4n) is 2.11. The smallest absolute Gasteiger partial charge is 0.187 e. The molecule has 1 rings (SSSR count). The quantitative estimate of drug-likeness (QED) is 0.196. The maximum Gasteiger partial charge on any atom is 0.187 e. The predicted molar refractivity (Wildman–Crippen MR) is 69.8 cm³/mol. The lowest BCUT2D eigenvalue weighted by atomic mass is 9.98. The van der Waals surface area contributed by atoms with Crippen LogP contribution in [0, 0.1) is 0 Å². The van der Waals surface area contributed by atoms with Crippen molar-refractivity contribution in [3.8, 4) is 0 Å². The second kappa shape index (κ2) is 8.94. The summed E-state index contributed by atoms with van der Waals surface area (Å²) in [5, 5.41) is 75.7. The summed E-state index contributed by atoms with van der Waals surface area (Å²) in [5.74, 6) is 0. The summed E-state index contributed by atoms with van der Waals surface area (Å²) < 4.78 is 10.1. The van der Waals surface area contributed by atoms with Gasteiger partial charge in [0.05, 0.1) is 13.2 Å². The summed E-state index contributed by atoms with van der Waals surface area (Å²) >= 11 is 0. The lowest BCUT2D eigenvalue weighted by molar-refractivity contribution is -0.326. The Morgan fingerprint density at radius 2 is 1.65 bits per heavy atom. The Morgan fingerprint density at radius 3 is 2.13 bits per heavy atom. The molecule has 0 amide bonds. The number of carbonyl (C=O) groups excluding carboxylic acids is 1. The average molecular weight is 342 g/mol. The molecule has 1 saturated heterocycles. The first-order valence-electron chi connectivity index (χ1n) is 6.84. The van der Waals surface area contributed by atoms with Crippen molar-refractivity contribution in [3.05, 3.63) is 0 Å². The Bertz CT molecular complexity index is 365. The van der Waals surface area contributed by atoms with E-state index < -0.39 is 68.3 Å². The van der Waals surface area contributed by atoms with Gasteiger partial charge in [-0.2, -0.15) is 0 Å². The Kier molecular flexibility index (Phi) is 7.89. The van der Waals surface area contributed by atoms with E-state index >= 15 is 0 Å². The molecular weight excluding hydrogens is 320 g/mol. The first-order chi connectivity index (χ1) is 10.8. The number of rotatable bonds is 8. The van der Waals surface area contributed by atoms with Crippen LogP contribution in [0.4, 0.5) is 0 Å². The van der Waals surface area contributed by atoms with Gasteiger partial charge in [-0.3, -0.25) is 0 Å². The fraction of sp³-hybridized carbons (Fsp3) is 0.917. The molecule has 136 valence electrons. The summed E-state index contributed by atoms with van der Waals surface area (Å²) in [6, 6.07) is 0. The van der Waals surface area contributed by atoms with E-state index in [1.54, 1.807) is 0 Å². The number of aldehydes is 1. The molecule has 1 heterocycles. The molecule has 11 heteroatoms. The van der Waals surface area contributed by atoms with Crippen molar-refractivity contribution in [1.29, 1.82) is 0 Å². The van der Waals surface area contributed by atoms with E-state index in [1.165, 1.54) is 0 Å². The number of ether oxygens (including phenoxy) is 2. The van der Waals surface area contributed by atoms with Gasteiger partial charge in [0.1, 0.15) is 48.8 Å². The van der Waals surface area contributed by atoms with Gasteiger partial charge >= 0.3 is 0 Å².